The Morgan fingerprint density at radius 1 is 1.06 bits per heavy atom. The number of rotatable bonds is 7. The number of likely N-dealkylation sites (tertiary alicyclic amines) is 1. The third kappa shape index (κ3) is 4.63. The molecular formula is C26H30N2O6. The second-order valence-corrected chi connectivity index (χ2v) is 8.97. The highest BCUT2D eigenvalue weighted by molar-refractivity contribution is 5.86. The Bertz CT molecular complexity index is 1030. The number of aliphatic carboxylic acids is 1. The molecule has 1 fully saturated rings. The predicted octanol–water partition coefficient (Wildman–Crippen LogP) is 3.13. The van der Waals surface area contributed by atoms with Crippen LogP contribution in [0.2, 0.25) is 0 Å². The maximum Gasteiger partial charge on any atom is 0.407 e. The molecule has 34 heavy (non-hydrogen) atoms. The fraction of sp³-hybridized carbons (Fsp3) is 0.423. The monoisotopic (exact) mass is 466 g/mol. The molecule has 2 aromatic rings. The van der Waals surface area contributed by atoms with Gasteiger partial charge in [0.2, 0.25) is 5.91 Å². The van der Waals surface area contributed by atoms with Crippen molar-refractivity contribution < 1.29 is 29.3 Å². The smallest absolute Gasteiger partial charge is 0.407 e. The molecule has 1 saturated heterocycles. The summed E-state index contributed by atoms with van der Waals surface area (Å²) in [6, 6.07) is 15.4. The number of benzene rings is 2. The van der Waals surface area contributed by atoms with Gasteiger partial charge in [0.1, 0.15) is 12.6 Å². The minimum Gasteiger partial charge on any atom is -0.479 e. The molecule has 1 aliphatic heterocycles. The number of carbonyl (C=O) groups is 3. The first-order chi connectivity index (χ1) is 16.3. The number of carboxylic acids is 1. The van der Waals surface area contributed by atoms with E-state index in [0.29, 0.717) is 12.8 Å². The number of ether oxygens (including phenoxy) is 1. The van der Waals surface area contributed by atoms with E-state index in [1.54, 1.807) is 0 Å². The molecule has 2 amide bonds. The van der Waals surface area contributed by atoms with Gasteiger partial charge in [0.05, 0.1) is 0 Å². The van der Waals surface area contributed by atoms with E-state index in [2.05, 4.69) is 17.4 Å². The summed E-state index contributed by atoms with van der Waals surface area (Å²) >= 11 is 0. The average molecular weight is 467 g/mol. The van der Waals surface area contributed by atoms with Crippen LogP contribution >= 0.6 is 0 Å². The van der Waals surface area contributed by atoms with E-state index in [-0.39, 0.29) is 44.4 Å². The molecule has 4 rings (SSSR count). The van der Waals surface area contributed by atoms with Gasteiger partial charge in [-0.3, -0.25) is 4.79 Å². The molecule has 8 heteroatoms. The fourth-order valence-corrected chi connectivity index (χ4v) is 4.86. The maximum atomic E-state index is 13.0. The molecule has 0 spiro atoms. The average Bonchev–Trinajstić information content (AvgIpc) is 3.16. The molecule has 2 aromatic carbocycles. The van der Waals surface area contributed by atoms with E-state index in [4.69, 9.17) is 4.74 Å². The SMILES string of the molecule is CCC[C@@H](NC(=O)OCC1c2ccccc2-c2ccccc21)C(=O)N1CCC(O)(C(=O)O)CC1. The number of piperidine rings is 1. The van der Waals surface area contributed by atoms with Crippen molar-refractivity contribution in [2.75, 3.05) is 19.7 Å². The summed E-state index contributed by atoms with van der Waals surface area (Å²) in [5.74, 6) is -1.64. The number of nitrogens with zero attached hydrogens (tertiary/aromatic N) is 1. The molecule has 3 N–H and O–H groups in total. The highest BCUT2D eigenvalue weighted by Crippen LogP contribution is 2.44. The van der Waals surface area contributed by atoms with Crippen molar-refractivity contribution in [1.82, 2.24) is 10.2 Å². The largest absolute Gasteiger partial charge is 0.479 e. The number of alkyl carbamates (subject to hydrolysis) is 1. The van der Waals surface area contributed by atoms with Crippen LogP contribution in [0.4, 0.5) is 4.79 Å². The summed E-state index contributed by atoms with van der Waals surface area (Å²) in [5.41, 5.74) is 2.68. The lowest BCUT2D eigenvalue weighted by Gasteiger charge is -2.37. The minimum atomic E-state index is -1.81. The highest BCUT2D eigenvalue weighted by Gasteiger charge is 2.41. The van der Waals surface area contributed by atoms with Crippen molar-refractivity contribution in [3.63, 3.8) is 0 Å². The molecular weight excluding hydrogens is 436 g/mol. The molecule has 0 radical (unpaired) electrons. The quantitative estimate of drug-likeness (QED) is 0.577. The van der Waals surface area contributed by atoms with Gasteiger partial charge in [-0.1, -0.05) is 61.9 Å². The molecule has 0 aromatic heterocycles. The van der Waals surface area contributed by atoms with Gasteiger partial charge in [-0.15, -0.1) is 0 Å². The van der Waals surface area contributed by atoms with Crippen LogP contribution in [0.15, 0.2) is 48.5 Å². The highest BCUT2D eigenvalue weighted by atomic mass is 16.5. The molecule has 1 aliphatic carbocycles. The van der Waals surface area contributed by atoms with E-state index >= 15 is 0 Å². The molecule has 0 saturated carbocycles. The molecule has 0 bridgehead atoms. The number of carboxylic acid groups (broad SMARTS) is 1. The molecule has 1 atom stereocenters. The summed E-state index contributed by atoms with van der Waals surface area (Å²) in [7, 11) is 0. The number of amides is 2. The Kier molecular flexibility index (Phi) is 6.88. The standard InChI is InChI=1S/C26H30N2O6/c1-2-7-22(23(29)28-14-12-26(33,13-15-28)24(30)31)27-25(32)34-16-21-19-10-5-3-8-17(19)18-9-4-6-11-20(18)21/h3-6,8-11,21-22,33H,2,7,12-16H2,1H3,(H,27,32)(H,30,31)/t22-/m1/s1. The second-order valence-electron chi connectivity index (χ2n) is 8.97. The Labute approximate surface area is 198 Å². The Balaban J connectivity index is 1.38. The third-order valence-electron chi connectivity index (χ3n) is 6.81. The van der Waals surface area contributed by atoms with Crippen molar-refractivity contribution >= 4 is 18.0 Å². The third-order valence-corrected chi connectivity index (χ3v) is 6.81. The van der Waals surface area contributed by atoms with Crippen molar-refractivity contribution in [1.29, 1.82) is 0 Å². The zero-order valence-corrected chi connectivity index (χ0v) is 19.2. The predicted molar refractivity (Wildman–Crippen MR) is 125 cm³/mol. The zero-order chi connectivity index (χ0) is 24.3. The molecule has 0 unspecified atom stereocenters. The summed E-state index contributed by atoms with van der Waals surface area (Å²) in [4.78, 5) is 38.4. The van der Waals surface area contributed by atoms with Gasteiger partial charge in [-0.25, -0.2) is 9.59 Å². The van der Waals surface area contributed by atoms with Crippen molar-refractivity contribution in [2.24, 2.45) is 0 Å². The van der Waals surface area contributed by atoms with Crippen LogP contribution in [0, 0.1) is 0 Å². The van der Waals surface area contributed by atoms with Crippen LogP contribution in [0.1, 0.15) is 49.7 Å². The van der Waals surface area contributed by atoms with Gasteiger partial charge in [0.15, 0.2) is 5.60 Å². The number of aliphatic hydroxyl groups is 1. The molecule has 1 heterocycles. The first-order valence-corrected chi connectivity index (χ1v) is 11.7. The lowest BCUT2D eigenvalue weighted by atomic mass is 9.91. The van der Waals surface area contributed by atoms with Crippen molar-refractivity contribution in [2.45, 2.75) is 50.2 Å². The number of fused-ring (bicyclic) bond motifs is 3. The fourth-order valence-electron chi connectivity index (χ4n) is 4.86. The van der Waals surface area contributed by atoms with Crippen LogP contribution in [0.5, 0.6) is 0 Å². The maximum absolute atomic E-state index is 13.0. The van der Waals surface area contributed by atoms with Gasteiger partial charge in [0.25, 0.3) is 0 Å². The second kappa shape index (κ2) is 9.85. The Morgan fingerprint density at radius 2 is 1.62 bits per heavy atom. The summed E-state index contributed by atoms with van der Waals surface area (Å²) in [6.07, 6.45) is 0.360. The van der Waals surface area contributed by atoms with Crippen LogP contribution < -0.4 is 5.32 Å². The van der Waals surface area contributed by atoms with Crippen LogP contribution in [0.3, 0.4) is 0 Å². The summed E-state index contributed by atoms with van der Waals surface area (Å²) in [6.45, 7) is 2.31. The number of nitrogens with one attached hydrogen (secondary N) is 1. The normalized spacial score (nSPS) is 17.4. The van der Waals surface area contributed by atoms with Gasteiger partial charge < -0.3 is 25.2 Å². The van der Waals surface area contributed by atoms with Gasteiger partial charge in [-0.2, -0.15) is 0 Å². The first-order valence-electron chi connectivity index (χ1n) is 11.7. The van der Waals surface area contributed by atoms with Crippen LogP contribution in [0.25, 0.3) is 11.1 Å². The van der Waals surface area contributed by atoms with E-state index in [1.165, 1.54) is 4.90 Å². The minimum absolute atomic E-state index is 0.0438. The number of hydrogen-bond acceptors (Lipinski definition) is 5. The molecule has 2 aliphatic rings. The lowest BCUT2D eigenvalue weighted by molar-refractivity contribution is -0.165. The van der Waals surface area contributed by atoms with Gasteiger partial charge >= 0.3 is 12.1 Å². The molecule has 8 nitrogen and oxygen atoms in total. The van der Waals surface area contributed by atoms with Gasteiger partial charge in [0, 0.05) is 31.8 Å². The Morgan fingerprint density at radius 3 is 2.15 bits per heavy atom. The summed E-state index contributed by atoms with van der Waals surface area (Å²) in [5, 5.41) is 22.0. The van der Waals surface area contributed by atoms with Crippen LogP contribution in [-0.4, -0.2) is 64.4 Å². The van der Waals surface area contributed by atoms with Crippen molar-refractivity contribution in [3.8, 4) is 11.1 Å². The number of carbonyl (C=O) groups excluding carboxylic acids is 2. The number of hydrogen-bond donors (Lipinski definition) is 3. The van der Waals surface area contributed by atoms with E-state index < -0.39 is 23.7 Å². The lowest BCUT2D eigenvalue weighted by Crippen LogP contribution is -2.55. The molecule has 180 valence electrons. The van der Waals surface area contributed by atoms with Crippen LogP contribution in [-0.2, 0) is 14.3 Å². The first kappa shape index (κ1) is 23.8. The van der Waals surface area contributed by atoms with E-state index in [0.717, 1.165) is 22.3 Å². The van der Waals surface area contributed by atoms with Crippen molar-refractivity contribution in [3.05, 3.63) is 59.7 Å². The Hall–Kier alpha value is -3.39. The summed E-state index contributed by atoms with van der Waals surface area (Å²) < 4.78 is 5.58. The topological polar surface area (TPSA) is 116 Å². The van der Waals surface area contributed by atoms with Gasteiger partial charge in [-0.05, 0) is 28.7 Å². The zero-order valence-electron chi connectivity index (χ0n) is 19.2. The van der Waals surface area contributed by atoms with E-state index in [9.17, 15) is 24.6 Å². The van der Waals surface area contributed by atoms with E-state index in [1.807, 2.05) is 43.3 Å².